The van der Waals surface area contributed by atoms with Gasteiger partial charge in [0.15, 0.2) is 0 Å². The number of hydrogen-bond acceptors (Lipinski definition) is 4. The summed E-state index contributed by atoms with van der Waals surface area (Å²) in [6.07, 6.45) is 0. The number of hydrogen-bond donors (Lipinski definition) is 2. The average molecular weight is 288 g/mol. The van der Waals surface area contributed by atoms with Crippen molar-refractivity contribution >= 4 is 23.0 Å². The number of hydrazone groups is 1. The first-order chi connectivity index (χ1) is 9.47. The standard InChI is InChI=1S/C15H16N2O2S/c1-9-8-14(11(3)20-9)10(2)16-17-15(19)12-4-6-13(18)7-5-12/h4-8,18H,1-3H3,(H,17,19)/b16-10-. The average Bonchev–Trinajstić information content (AvgIpc) is 2.75. The van der Waals surface area contributed by atoms with Gasteiger partial charge in [0.05, 0.1) is 5.71 Å². The molecule has 2 N–H and O–H groups in total. The molecule has 5 heteroatoms. The van der Waals surface area contributed by atoms with Crippen molar-refractivity contribution in [2.75, 3.05) is 0 Å². The minimum atomic E-state index is -0.297. The van der Waals surface area contributed by atoms with Gasteiger partial charge in [-0.25, -0.2) is 5.43 Å². The number of aromatic hydroxyl groups is 1. The maximum atomic E-state index is 11.9. The van der Waals surface area contributed by atoms with E-state index in [-0.39, 0.29) is 11.7 Å². The third-order valence-electron chi connectivity index (χ3n) is 2.89. The highest BCUT2D eigenvalue weighted by molar-refractivity contribution is 7.12. The number of carbonyl (C=O) groups excluding carboxylic acids is 1. The highest BCUT2D eigenvalue weighted by Crippen LogP contribution is 2.21. The van der Waals surface area contributed by atoms with E-state index in [1.54, 1.807) is 23.5 Å². The molecule has 0 aliphatic carbocycles. The molecular formula is C15H16N2O2S. The van der Waals surface area contributed by atoms with E-state index in [0.29, 0.717) is 5.56 Å². The third-order valence-corrected chi connectivity index (χ3v) is 3.85. The van der Waals surface area contributed by atoms with Crippen LogP contribution in [0.3, 0.4) is 0 Å². The van der Waals surface area contributed by atoms with Crippen molar-refractivity contribution in [2.45, 2.75) is 20.8 Å². The molecule has 0 atom stereocenters. The van der Waals surface area contributed by atoms with Gasteiger partial charge in [0.1, 0.15) is 5.75 Å². The maximum Gasteiger partial charge on any atom is 0.271 e. The maximum absolute atomic E-state index is 11.9. The summed E-state index contributed by atoms with van der Waals surface area (Å²) in [5, 5.41) is 13.3. The molecule has 1 amide bonds. The SMILES string of the molecule is C/C(=N/NC(=O)c1ccc(O)cc1)c1cc(C)sc1C. The molecule has 0 aliphatic rings. The zero-order valence-electron chi connectivity index (χ0n) is 11.6. The molecule has 0 fully saturated rings. The van der Waals surface area contributed by atoms with E-state index < -0.39 is 0 Å². The third kappa shape index (κ3) is 3.24. The summed E-state index contributed by atoms with van der Waals surface area (Å²) >= 11 is 1.71. The molecule has 20 heavy (non-hydrogen) atoms. The molecule has 0 spiro atoms. The van der Waals surface area contributed by atoms with E-state index in [1.165, 1.54) is 21.9 Å². The Balaban J connectivity index is 2.10. The second kappa shape index (κ2) is 5.88. The van der Waals surface area contributed by atoms with Gasteiger partial charge < -0.3 is 5.11 Å². The molecule has 0 aliphatic heterocycles. The fraction of sp³-hybridized carbons (Fsp3) is 0.200. The van der Waals surface area contributed by atoms with Crippen LogP contribution < -0.4 is 5.43 Å². The van der Waals surface area contributed by atoms with Crippen LogP contribution in [-0.4, -0.2) is 16.7 Å². The molecule has 4 nitrogen and oxygen atoms in total. The first-order valence-electron chi connectivity index (χ1n) is 6.18. The Morgan fingerprint density at radius 3 is 2.45 bits per heavy atom. The number of nitrogens with one attached hydrogen (secondary N) is 1. The van der Waals surface area contributed by atoms with Crippen molar-refractivity contribution in [3.05, 3.63) is 51.2 Å². The summed E-state index contributed by atoms with van der Waals surface area (Å²) in [5.74, 6) is -0.167. The van der Waals surface area contributed by atoms with Crippen LogP contribution in [0.25, 0.3) is 0 Å². The Hall–Kier alpha value is -2.14. The second-order valence-corrected chi connectivity index (χ2v) is 5.97. The van der Waals surface area contributed by atoms with Gasteiger partial charge in [-0.2, -0.15) is 5.10 Å². The Morgan fingerprint density at radius 1 is 1.25 bits per heavy atom. The van der Waals surface area contributed by atoms with Crippen molar-refractivity contribution in [1.29, 1.82) is 0 Å². The Morgan fingerprint density at radius 2 is 1.90 bits per heavy atom. The number of carbonyl (C=O) groups is 1. The van der Waals surface area contributed by atoms with Gasteiger partial charge in [0.2, 0.25) is 0 Å². The van der Waals surface area contributed by atoms with Crippen LogP contribution in [0.4, 0.5) is 0 Å². The lowest BCUT2D eigenvalue weighted by molar-refractivity contribution is 0.0955. The summed E-state index contributed by atoms with van der Waals surface area (Å²) in [6.45, 7) is 5.95. The molecule has 1 heterocycles. The lowest BCUT2D eigenvalue weighted by atomic mass is 10.2. The topological polar surface area (TPSA) is 61.7 Å². The predicted molar refractivity (Wildman–Crippen MR) is 81.6 cm³/mol. The first-order valence-corrected chi connectivity index (χ1v) is 7.00. The number of phenolic OH excluding ortho intramolecular Hbond substituents is 1. The molecule has 0 radical (unpaired) electrons. The zero-order chi connectivity index (χ0) is 14.7. The van der Waals surface area contributed by atoms with Crippen LogP contribution in [-0.2, 0) is 0 Å². The van der Waals surface area contributed by atoms with E-state index in [2.05, 4.69) is 16.6 Å². The quantitative estimate of drug-likeness (QED) is 0.673. The van der Waals surface area contributed by atoms with Crippen LogP contribution in [0.5, 0.6) is 5.75 Å². The van der Waals surface area contributed by atoms with E-state index in [9.17, 15) is 9.90 Å². The van der Waals surface area contributed by atoms with E-state index in [1.807, 2.05) is 20.8 Å². The van der Waals surface area contributed by atoms with Gasteiger partial charge >= 0.3 is 0 Å². The number of rotatable bonds is 3. The van der Waals surface area contributed by atoms with Crippen LogP contribution in [0.15, 0.2) is 35.4 Å². The summed E-state index contributed by atoms with van der Waals surface area (Å²) in [5.41, 5.74) is 4.81. The molecule has 104 valence electrons. The van der Waals surface area contributed by atoms with Gasteiger partial charge in [0.25, 0.3) is 5.91 Å². The van der Waals surface area contributed by atoms with Gasteiger partial charge in [-0.3, -0.25) is 4.79 Å². The van der Waals surface area contributed by atoms with Crippen LogP contribution >= 0.6 is 11.3 Å². The molecule has 0 bridgehead atoms. The van der Waals surface area contributed by atoms with Crippen molar-refractivity contribution < 1.29 is 9.90 Å². The van der Waals surface area contributed by atoms with Gasteiger partial charge in [-0.15, -0.1) is 11.3 Å². The van der Waals surface area contributed by atoms with Crippen molar-refractivity contribution in [3.63, 3.8) is 0 Å². The number of benzene rings is 1. The molecule has 1 aromatic carbocycles. The van der Waals surface area contributed by atoms with Crippen molar-refractivity contribution in [2.24, 2.45) is 5.10 Å². The second-order valence-electron chi connectivity index (χ2n) is 4.51. The molecule has 2 aromatic rings. The largest absolute Gasteiger partial charge is 0.508 e. The number of aryl methyl sites for hydroxylation is 2. The van der Waals surface area contributed by atoms with Crippen LogP contribution in [0, 0.1) is 13.8 Å². The summed E-state index contributed by atoms with van der Waals surface area (Å²) in [4.78, 5) is 14.3. The minimum absolute atomic E-state index is 0.130. The highest BCUT2D eigenvalue weighted by atomic mass is 32.1. The molecule has 0 unspecified atom stereocenters. The first kappa shape index (κ1) is 14.3. The number of nitrogens with zero attached hydrogens (tertiary/aromatic N) is 1. The smallest absolute Gasteiger partial charge is 0.271 e. The summed E-state index contributed by atoms with van der Waals surface area (Å²) in [6, 6.07) is 8.10. The molecule has 2 rings (SSSR count). The monoisotopic (exact) mass is 288 g/mol. The van der Waals surface area contributed by atoms with Gasteiger partial charge in [0, 0.05) is 20.9 Å². The summed E-state index contributed by atoms with van der Waals surface area (Å²) in [7, 11) is 0. The normalized spacial score (nSPS) is 11.4. The van der Waals surface area contributed by atoms with Gasteiger partial charge in [-0.05, 0) is 51.1 Å². The Labute approximate surface area is 121 Å². The molecule has 0 saturated heterocycles. The number of thiophene rings is 1. The van der Waals surface area contributed by atoms with Crippen LogP contribution in [0.1, 0.15) is 32.6 Å². The molecular weight excluding hydrogens is 272 g/mol. The Kier molecular flexibility index (Phi) is 4.20. The van der Waals surface area contributed by atoms with E-state index in [4.69, 9.17) is 0 Å². The van der Waals surface area contributed by atoms with Crippen molar-refractivity contribution in [3.8, 4) is 5.75 Å². The lowest BCUT2D eigenvalue weighted by Crippen LogP contribution is -2.19. The van der Waals surface area contributed by atoms with Crippen molar-refractivity contribution in [1.82, 2.24) is 5.43 Å². The number of phenols is 1. The van der Waals surface area contributed by atoms with E-state index in [0.717, 1.165) is 11.3 Å². The summed E-state index contributed by atoms with van der Waals surface area (Å²) < 4.78 is 0. The molecule has 0 saturated carbocycles. The Bertz CT molecular complexity index is 657. The molecule has 1 aromatic heterocycles. The van der Waals surface area contributed by atoms with E-state index >= 15 is 0 Å². The fourth-order valence-electron chi connectivity index (χ4n) is 1.86. The predicted octanol–water partition coefficient (Wildman–Crippen LogP) is 3.22. The number of amides is 1. The fourth-order valence-corrected chi connectivity index (χ4v) is 2.84. The van der Waals surface area contributed by atoms with Gasteiger partial charge in [-0.1, -0.05) is 0 Å². The lowest BCUT2D eigenvalue weighted by Gasteiger charge is -2.02. The van der Waals surface area contributed by atoms with Crippen LogP contribution in [0.2, 0.25) is 0 Å². The minimum Gasteiger partial charge on any atom is -0.508 e. The highest BCUT2D eigenvalue weighted by Gasteiger charge is 2.08. The zero-order valence-corrected chi connectivity index (χ0v) is 12.4.